The Bertz CT molecular complexity index is 803. The Labute approximate surface area is 146 Å². The van der Waals surface area contributed by atoms with Crippen molar-refractivity contribution in [3.8, 4) is 0 Å². The number of amides is 1. The largest absolute Gasteiger partial charge is 0.465 e. The van der Waals surface area contributed by atoms with Gasteiger partial charge in [-0.3, -0.25) is 19.3 Å². The van der Waals surface area contributed by atoms with E-state index < -0.39 is 29.1 Å². The van der Waals surface area contributed by atoms with E-state index in [2.05, 4.69) is 0 Å². The molecule has 0 aliphatic carbocycles. The Balaban J connectivity index is 2.20. The van der Waals surface area contributed by atoms with Crippen LogP contribution < -0.4 is 4.90 Å². The van der Waals surface area contributed by atoms with Gasteiger partial charge in [-0.1, -0.05) is 48.5 Å². The first-order chi connectivity index (χ1) is 12.0. The number of esters is 1. The minimum atomic E-state index is -1.59. The minimum Gasteiger partial charge on any atom is -0.465 e. The highest BCUT2D eigenvalue weighted by Crippen LogP contribution is 2.48. The lowest BCUT2D eigenvalue weighted by Gasteiger charge is -2.32. The average molecular weight is 337 g/mol. The first-order valence-corrected chi connectivity index (χ1v) is 8.17. The van der Waals surface area contributed by atoms with Crippen LogP contribution in [-0.2, 0) is 19.1 Å². The highest BCUT2D eigenvalue weighted by atomic mass is 16.5. The molecule has 2 aromatic rings. The number of anilines is 1. The Hall–Kier alpha value is -2.95. The van der Waals surface area contributed by atoms with Crippen LogP contribution in [0.1, 0.15) is 25.5 Å². The van der Waals surface area contributed by atoms with Crippen LogP contribution in [0.2, 0.25) is 0 Å². The molecule has 0 saturated carbocycles. The molecule has 0 unspecified atom stereocenters. The van der Waals surface area contributed by atoms with E-state index in [0.29, 0.717) is 11.3 Å². The lowest BCUT2D eigenvalue weighted by Crippen LogP contribution is -2.40. The van der Waals surface area contributed by atoms with Crippen LogP contribution in [0, 0.1) is 5.41 Å². The van der Waals surface area contributed by atoms with Gasteiger partial charge in [-0.05, 0) is 31.5 Å². The molecule has 128 valence electrons. The number of para-hydroxylation sites is 1. The van der Waals surface area contributed by atoms with Gasteiger partial charge in [0.05, 0.1) is 12.6 Å². The molecule has 0 spiro atoms. The van der Waals surface area contributed by atoms with Gasteiger partial charge in [0.25, 0.3) is 5.91 Å². The number of benzene rings is 2. The lowest BCUT2D eigenvalue weighted by molar-refractivity contribution is -0.159. The van der Waals surface area contributed by atoms with E-state index in [9.17, 15) is 14.4 Å². The summed E-state index contributed by atoms with van der Waals surface area (Å²) >= 11 is 0. The van der Waals surface area contributed by atoms with Crippen molar-refractivity contribution in [3.05, 3.63) is 66.2 Å². The molecule has 3 rings (SSSR count). The van der Waals surface area contributed by atoms with Crippen molar-refractivity contribution < 1.29 is 19.1 Å². The predicted octanol–water partition coefficient (Wildman–Crippen LogP) is 2.91. The fraction of sp³-hybridized carbons (Fsp3) is 0.250. The molecule has 0 bridgehead atoms. The van der Waals surface area contributed by atoms with Gasteiger partial charge in [0.2, 0.25) is 5.78 Å². The normalized spacial score (nSPS) is 23.0. The summed E-state index contributed by atoms with van der Waals surface area (Å²) in [6.45, 7) is 3.31. The third-order valence-corrected chi connectivity index (χ3v) is 4.54. The van der Waals surface area contributed by atoms with Crippen LogP contribution >= 0.6 is 0 Å². The summed E-state index contributed by atoms with van der Waals surface area (Å²) in [4.78, 5) is 39.7. The third-order valence-electron chi connectivity index (χ3n) is 4.54. The standard InChI is InChI=1S/C20H19NO4/c1-3-25-19(24)20(2)16(14-10-6-4-7-11-14)21(18(23)17(20)22)15-12-8-5-9-13-15/h4-13,16H,3H2,1-2H3/t16-,20+/m1/s1. The SMILES string of the molecule is CCOC(=O)[C@]1(C)C(=O)C(=O)N(c2ccccc2)[C@@H]1c1ccccc1. The molecule has 0 aromatic heterocycles. The summed E-state index contributed by atoms with van der Waals surface area (Å²) in [6.07, 6.45) is 0. The van der Waals surface area contributed by atoms with Crippen LogP contribution in [0.3, 0.4) is 0 Å². The first kappa shape index (κ1) is 16.9. The molecule has 5 nitrogen and oxygen atoms in total. The number of nitrogens with zero attached hydrogens (tertiary/aromatic N) is 1. The molecular weight excluding hydrogens is 318 g/mol. The van der Waals surface area contributed by atoms with Gasteiger partial charge in [0.15, 0.2) is 5.41 Å². The summed E-state index contributed by atoms with van der Waals surface area (Å²) in [5.41, 5.74) is -0.312. The Morgan fingerprint density at radius 3 is 2.16 bits per heavy atom. The number of rotatable bonds is 4. The minimum absolute atomic E-state index is 0.142. The summed E-state index contributed by atoms with van der Waals surface area (Å²) < 4.78 is 5.14. The molecular formula is C20H19NO4. The van der Waals surface area contributed by atoms with E-state index in [1.165, 1.54) is 11.8 Å². The van der Waals surface area contributed by atoms with Crippen molar-refractivity contribution in [3.63, 3.8) is 0 Å². The molecule has 0 radical (unpaired) electrons. The fourth-order valence-electron chi connectivity index (χ4n) is 3.29. The molecule has 1 heterocycles. The number of hydrogen-bond acceptors (Lipinski definition) is 4. The van der Waals surface area contributed by atoms with E-state index >= 15 is 0 Å². The lowest BCUT2D eigenvalue weighted by atomic mass is 9.78. The van der Waals surface area contributed by atoms with Gasteiger partial charge in [-0.15, -0.1) is 0 Å². The summed E-state index contributed by atoms with van der Waals surface area (Å²) in [5.74, 6) is -2.13. The molecule has 1 amide bonds. The maximum atomic E-state index is 12.8. The maximum absolute atomic E-state index is 12.8. The van der Waals surface area contributed by atoms with Crippen molar-refractivity contribution in [1.29, 1.82) is 0 Å². The van der Waals surface area contributed by atoms with Crippen LogP contribution in [-0.4, -0.2) is 24.3 Å². The zero-order chi connectivity index (χ0) is 18.0. The van der Waals surface area contributed by atoms with Crippen LogP contribution in [0.15, 0.2) is 60.7 Å². The van der Waals surface area contributed by atoms with Crippen LogP contribution in [0.5, 0.6) is 0 Å². The molecule has 2 aromatic carbocycles. The average Bonchev–Trinajstić information content (AvgIpc) is 2.85. The van der Waals surface area contributed by atoms with Gasteiger partial charge in [-0.2, -0.15) is 0 Å². The van der Waals surface area contributed by atoms with E-state index in [-0.39, 0.29) is 6.61 Å². The third kappa shape index (κ3) is 2.61. The highest BCUT2D eigenvalue weighted by molar-refractivity contribution is 6.49. The van der Waals surface area contributed by atoms with Crippen molar-refractivity contribution in [2.75, 3.05) is 11.5 Å². The van der Waals surface area contributed by atoms with Gasteiger partial charge in [0, 0.05) is 5.69 Å². The van der Waals surface area contributed by atoms with Crippen molar-refractivity contribution in [2.24, 2.45) is 5.41 Å². The first-order valence-electron chi connectivity index (χ1n) is 8.17. The molecule has 1 aliphatic heterocycles. The second-order valence-corrected chi connectivity index (χ2v) is 6.08. The predicted molar refractivity (Wildman–Crippen MR) is 92.9 cm³/mol. The number of carbonyl (C=O) groups excluding carboxylic acids is 3. The van der Waals surface area contributed by atoms with Crippen LogP contribution in [0.25, 0.3) is 0 Å². The number of hydrogen-bond donors (Lipinski definition) is 0. The van der Waals surface area contributed by atoms with Crippen LogP contribution in [0.4, 0.5) is 5.69 Å². The van der Waals surface area contributed by atoms with Crippen molar-refractivity contribution >= 4 is 23.3 Å². The van der Waals surface area contributed by atoms with E-state index in [1.54, 1.807) is 31.2 Å². The fourth-order valence-corrected chi connectivity index (χ4v) is 3.29. The molecule has 25 heavy (non-hydrogen) atoms. The van der Waals surface area contributed by atoms with E-state index in [4.69, 9.17) is 4.74 Å². The zero-order valence-corrected chi connectivity index (χ0v) is 14.1. The molecule has 1 fully saturated rings. The highest BCUT2D eigenvalue weighted by Gasteiger charge is 2.62. The van der Waals surface area contributed by atoms with Gasteiger partial charge in [-0.25, -0.2) is 0 Å². The topological polar surface area (TPSA) is 63.7 Å². The smallest absolute Gasteiger partial charge is 0.322 e. The van der Waals surface area contributed by atoms with E-state index in [0.717, 1.165) is 0 Å². The van der Waals surface area contributed by atoms with E-state index in [1.807, 2.05) is 36.4 Å². The van der Waals surface area contributed by atoms with Crippen molar-refractivity contribution in [2.45, 2.75) is 19.9 Å². The monoisotopic (exact) mass is 337 g/mol. The van der Waals surface area contributed by atoms with Gasteiger partial charge >= 0.3 is 5.97 Å². The summed E-state index contributed by atoms with van der Waals surface area (Å²) in [5, 5.41) is 0. The number of ether oxygens (including phenoxy) is 1. The number of Topliss-reactive ketones (excluding diaryl/α,β-unsaturated/α-hetero) is 1. The summed E-state index contributed by atoms with van der Waals surface area (Å²) in [6, 6.07) is 17.2. The molecule has 1 saturated heterocycles. The van der Waals surface area contributed by atoms with Crippen molar-refractivity contribution in [1.82, 2.24) is 0 Å². The molecule has 1 aliphatic rings. The molecule has 2 atom stereocenters. The second kappa shape index (κ2) is 6.51. The Morgan fingerprint density at radius 2 is 1.60 bits per heavy atom. The number of ketones is 1. The molecule has 5 heteroatoms. The quantitative estimate of drug-likeness (QED) is 0.489. The Kier molecular flexibility index (Phi) is 4.40. The van der Waals surface area contributed by atoms with Gasteiger partial charge < -0.3 is 4.74 Å². The zero-order valence-electron chi connectivity index (χ0n) is 14.1. The Morgan fingerprint density at radius 1 is 1.04 bits per heavy atom. The maximum Gasteiger partial charge on any atom is 0.322 e. The summed E-state index contributed by atoms with van der Waals surface area (Å²) in [7, 11) is 0. The van der Waals surface area contributed by atoms with Gasteiger partial charge in [0.1, 0.15) is 0 Å². The second-order valence-electron chi connectivity index (χ2n) is 6.08. The number of carbonyl (C=O) groups is 3. The molecule has 0 N–H and O–H groups in total.